The first-order valence-electron chi connectivity index (χ1n) is 8.49. The van der Waals surface area contributed by atoms with Crippen LogP contribution in [0, 0.1) is 12.3 Å². The summed E-state index contributed by atoms with van der Waals surface area (Å²) < 4.78 is 4.69. The van der Waals surface area contributed by atoms with Gasteiger partial charge in [-0.05, 0) is 12.1 Å². The molecule has 2 amide bonds. The minimum Gasteiger partial charge on any atom is -0.465 e. The number of nitrogens with one attached hydrogen (secondary N) is 1. The van der Waals surface area contributed by atoms with Crippen molar-refractivity contribution in [1.82, 2.24) is 4.90 Å². The zero-order valence-corrected chi connectivity index (χ0v) is 15.4. The van der Waals surface area contributed by atoms with Crippen molar-refractivity contribution in [2.24, 2.45) is 10.2 Å². The average Bonchev–Trinajstić information content (AvgIpc) is 3.44. The van der Waals surface area contributed by atoms with E-state index in [-0.39, 0.29) is 24.4 Å². The Hall–Kier alpha value is -3.21. The van der Waals surface area contributed by atoms with E-state index in [4.69, 9.17) is 11.2 Å². The Morgan fingerprint density at radius 1 is 1.26 bits per heavy atom. The number of amides is 2. The molecule has 0 aliphatic carbocycles. The van der Waals surface area contributed by atoms with Crippen molar-refractivity contribution in [2.45, 2.75) is 31.3 Å². The highest BCUT2D eigenvalue weighted by Crippen LogP contribution is 2.37. The quantitative estimate of drug-likeness (QED) is 0.532. The van der Waals surface area contributed by atoms with Crippen LogP contribution in [0.15, 0.2) is 34.5 Å². The van der Waals surface area contributed by atoms with Crippen molar-refractivity contribution in [3.05, 3.63) is 29.8 Å². The lowest BCUT2D eigenvalue weighted by atomic mass is 10.0. The van der Waals surface area contributed by atoms with E-state index in [1.165, 1.54) is 12.0 Å². The molecule has 8 heteroatoms. The Bertz CT molecular complexity index is 791. The first kappa shape index (κ1) is 20.1. The molecule has 0 aromatic heterocycles. The molecule has 2 rings (SSSR count). The van der Waals surface area contributed by atoms with Gasteiger partial charge in [0.15, 0.2) is 5.66 Å². The second-order valence-electron chi connectivity index (χ2n) is 6.22. The zero-order valence-electron chi connectivity index (χ0n) is 15.4. The maximum Gasteiger partial charge on any atom is 0.339 e. The molecule has 1 aromatic rings. The minimum atomic E-state index is -0.551. The smallest absolute Gasteiger partial charge is 0.339 e. The SMILES string of the molecule is C#CCCC1(CCC(=O)N(C)CC(=O)Nc2ccccc2C(=O)OC)N=N1. The van der Waals surface area contributed by atoms with E-state index in [1.54, 1.807) is 31.3 Å². The number of terminal acetylenes is 1. The third-order valence-corrected chi connectivity index (χ3v) is 4.20. The zero-order chi connectivity index (χ0) is 19.9. The van der Waals surface area contributed by atoms with Gasteiger partial charge >= 0.3 is 5.97 Å². The topological polar surface area (TPSA) is 100 Å². The summed E-state index contributed by atoms with van der Waals surface area (Å²) >= 11 is 0. The number of esters is 1. The fourth-order valence-electron chi connectivity index (χ4n) is 2.54. The van der Waals surface area contributed by atoms with E-state index in [0.717, 1.165) is 0 Å². The number of nitrogens with zero attached hydrogens (tertiary/aromatic N) is 3. The number of para-hydroxylation sites is 1. The van der Waals surface area contributed by atoms with Crippen molar-refractivity contribution in [1.29, 1.82) is 0 Å². The molecule has 1 N–H and O–H groups in total. The molecule has 0 atom stereocenters. The molecule has 8 nitrogen and oxygen atoms in total. The van der Waals surface area contributed by atoms with E-state index in [9.17, 15) is 14.4 Å². The van der Waals surface area contributed by atoms with Gasteiger partial charge in [-0.25, -0.2) is 4.79 Å². The van der Waals surface area contributed by atoms with Crippen LogP contribution in [0.1, 0.15) is 36.0 Å². The van der Waals surface area contributed by atoms with Crippen LogP contribution in [-0.4, -0.2) is 49.0 Å². The van der Waals surface area contributed by atoms with Gasteiger partial charge < -0.3 is 15.0 Å². The predicted molar refractivity (Wildman–Crippen MR) is 98.9 cm³/mol. The van der Waals surface area contributed by atoms with Crippen LogP contribution >= 0.6 is 0 Å². The minimum absolute atomic E-state index is 0.139. The molecular formula is C19H22N4O4. The number of rotatable bonds is 9. The molecule has 0 saturated heterocycles. The van der Waals surface area contributed by atoms with Gasteiger partial charge in [-0.1, -0.05) is 12.1 Å². The number of methoxy groups -OCH3 is 1. The molecule has 0 bridgehead atoms. The summed E-state index contributed by atoms with van der Waals surface area (Å²) in [6.07, 6.45) is 7.13. The second kappa shape index (κ2) is 8.94. The monoisotopic (exact) mass is 370 g/mol. The summed E-state index contributed by atoms with van der Waals surface area (Å²) in [5.41, 5.74) is 0.0543. The standard InChI is InChI=1S/C19H22N4O4/c1-4-5-11-19(21-22-19)12-10-17(25)23(2)13-16(24)20-15-9-7-6-8-14(15)18(26)27-3/h1,6-9H,5,10-13H2,2-3H3,(H,20,24). The molecule has 1 aliphatic heterocycles. The highest BCUT2D eigenvalue weighted by Gasteiger charge is 2.39. The Morgan fingerprint density at radius 3 is 2.59 bits per heavy atom. The van der Waals surface area contributed by atoms with Gasteiger partial charge in [0.25, 0.3) is 0 Å². The van der Waals surface area contributed by atoms with Crippen molar-refractivity contribution >= 4 is 23.5 Å². The van der Waals surface area contributed by atoms with Crippen LogP contribution in [0.5, 0.6) is 0 Å². The highest BCUT2D eigenvalue weighted by molar-refractivity contribution is 6.02. The Kier molecular flexibility index (Phi) is 6.66. The van der Waals surface area contributed by atoms with Gasteiger partial charge in [0.1, 0.15) is 0 Å². The maximum absolute atomic E-state index is 12.2. The predicted octanol–water partition coefficient (Wildman–Crippen LogP) is 2.23. The number of carbonyl (C=O) groups excluding carboxylic acids is 3. The second-order valence-corrected chi connectivity index (χ2v) is 6.22. The van der Waals surface area contributed by atoms with Crippen molar-refractivity contribution in [3.63, 3.8) is 0 Å². The molecule has 1 aromatic carbocycles. The van der Waals surface area contributed by atoms with Crippen LogP contribution < -0.4 is 5.32 Å². The third-order valence-electron chi connectivity index (χ3n) is 4.20. The maximum atomic E-state index is 12.2. The summed E-state index contributed by atoms with van der Waals surface area (Å²) in [5, 5.41) is 10.6. The number of likely N-dealkylation sites (N-methyl/N-ethyl adjacent to an activating group) is 1. The Labute approximate surface area is 158 Å². The lowest BCUT2D eigenvalue weighted by Gasteiger charge is -2.18. The van der Waals surface area contributed by atoms with Crippen LogP contribution in [0.25, 0.3) is 0 Å². The summed E-state index contributed by atoms with van der Waals surface area (Å²) in [5.74, 6) is 1.38. The van der Waals surface area contributed by atoms with Crippen LogP contribution in [0.4, 0.5) is 5.69 Å². The van der Waals surface area contributed by atoms with Crippen LogP contribution in [-0.2, 0) is 14.3 Å². The first-order chi connectivity index (χ1) is 12.9. The fraction of sp³-hybridized carbons (Fsp3) is 0.421. The normalized spacial score (nSPS) is 13.4. The molecule has 0 fully saturated rings. The summed E-state index contributed by atoms with van der Waals surface area (Å²) in [6, 6.07) is 6.50. The Morgan fingerprint density at radius 2 is 1.96 bits per heavy atom. The van der Waals surface area contributed by atoms with Crippen molar-refractivity contribution < 1.29 is 19.1 Å². The van der Waals surface area contributed by atoms with E-state index in [1.807, 2.05) is 0 Å². The number of hydrogen-bond donors (Lipinski definition) is 1. The number of anilines is 1. The number of ether oxygens (including phenoxy) is 1. The summed E-state index contributed by atoms with van der Waals surface area (Å²) in [7, 11) is 2.81. The van der Waals surface area contributed by atoms with Crippen LogP contribution in [0.3, 0.4) is 0 Å². The fourth-order valence-corrected chi connectivity index (χ4v) is 2.54. The van der Waals surface area contributed by atoms with Crippen molar-refractivity contribution in [2.75, 3.05) is 26.0 Å². The van der Waals surface area contributed by atoms with Gasteiger partial charge in [0.2, 0.25) is 11.8 Å². The van der Waals surface area contributed by atoms with E-state index in [2.05, 4.69) is 21.5 Å². The molecule has 0 unspecified atom stereocenters. The molecule has 0 radical (unpaired) electrons. The van der Waals surface area contributed by atoms with Gasteiger partial charge in [-0.3, -0.25) is 9.59 Å². The molecule has 1 heterocycles. The van der Waals surface area contributed by atoms with E-state index >= 15 is 0 Å². The first-order valence-corrected chi connectivity index (χ1v) is 8.49. The Balaban J connectivity index is 1.84. The van der Waals surface area contributed by atoms with E-state index < -0.39 is 17.5 Å². The average molecular weight is 370 g/mol. The molecule has 27 heavy (non-hydrogen) atoms. The summed E-state index contributed by atoms with van der Waals surface area (Å²) in [4.78, 5) is 37.5. The number of benzene rings is 1. The van der Waals surface area contributed by atoms with Gasteiger partial charge in [-0.15, -0.1) is 12.3 Å². The number of hydrogen-bond acceptors (Lipinski definition) is 6. The molecular weight excluding hydrogens is 348 g/mol. The largest absolute Gasteiger partial charge is 0.465 e. The molecule has 1 aliphatic rings. The lowest BCUT2D eigenvalue weighted by Crippen LogP contribution is -2.35. The highest BCUT2D eigenvalue weighted by atomic mass is 16.5. The third kappa shape index (κ3) is 5.64. The molecule has 0 saturated carbocycles. The van der Waals surface area contributed by atoms with Gasteiger partial charge in [-0.2, -0.15) is 10.2 Å². The van der Waals surface area contributed by atoms with Gasteiger partial charge in [0.05, 0.1) is 24.9 Å². The molecule has 0 spiro atoms. The van der Waals surface area contributed by atoms with Crippen LogP contribution in [0.2, 0.25) is 0 Å². The van der Waals surface area contributed by atoms with Crippen molar-refractivity contribution in [3.8, 4) is 12.3 Å². The van der Waals surface area contributed by atoms with E-state index in [0.29, 0.717) is 24.9 Å². The van der Waals surface area contributed by atoms with Gasteiger partial charge in [0, 0.05) is 32.7 Å². The number of carbonyl (C=O) groups is 3. The lowest BCUT2D eigenvalue weighted by molar-refractivity contribution is -0.133. The summed E-state index contributed by atoms with van der Waals surface area (Å²) in [6.45, 7) is -0.139. The molecule has 142 valence electrons.